The van der Waals surface area contributed by atoms with Crippen LogP contribution in [0.2, 0.25) is 0 Å². The number of pyridine rings is 1. The lowest BCUT2D eigenvalue weighted by atomic mass is 10.0. The number of benzene rings is 2. The Balaban J connectivity index is 1.77. The van der Waals surface area contributed by atoms with Gasteiger partial charge < -0.3 is 19.9 Å². The van der Waals surface area contributed by atoms with Gasteiger partial charge in [-0.2, -0.15) is 0 Å². The number of nitrogens with zero attached hydrogens (tertiary/aromatic N) is 1. The summed E-state index contributed by atoms with van der Waals surface area (Å²) in [6.07, 6.45) is 1.23. The fraction of sp³-hybridized carbons (Fsp3) is 0.238. The third kappa shape index (κ3) is 3.26. The van der Waals surface area contributed by atoms with E-state index in [1.54, 1.807) is 18.2 Å². The fourth-order valence-corrected chi connectivity index (χ4v) is 3.19. The largest absolute Gasteiger partial charge is 0.507 e. The lowest BCUT2D eigenvalue weighted by molar-refractivity contribution is -0.116. The number of aryl methyl sites for hydroxylation is 1. The summed E-state index contributed by atoms with van der Waals surface area (Å²) >= 11 is 0. The first-order valence-corrected chi connectivity index (χ1v) is 8.89. The first kappa shape index (κ1) is 17.1. The van der Waals surface area contributed by atoms with Gasteiger partial charge in [-0.15, -0.1) is 0 Å². The first-order chi connectivity index (χ1) is 13.0. The Hall–Kier alpha value is -3.28. The van der Waals surface area contributed by atoms with E-state index in [0.717, 1.165) is 22.9 Å². The second-order valence-corrected chi connectivity index (χ2v) is 6.58. The maximum atomic E-state index is 11.9. The minimum atomic E-state index is -0.0514. The van der Waals surface area contributed by atoms with Gasteiger partial charge in [-0.05, 0) is 49.2 Å². The van der Waals surface area contributed by atoms with E-state index in [1.165, 1.54) is 0 Å². The summed E-state index contributed by atoms with van der Waals surface area (Å²) in [5.74, 6) is 1.43. The normalized spacial score (nSPS) is 12.4. The van der Waals surface area contributed by atoms with E-state index in [0.29, 0.717) is 34.9 Å². The monoisotopic (exact) mass is 364 g/mol. The summed E-state index contributed by atoms with van der Waals surface area (Å²) in [5.41, 5.74) is 3.59. The fourth-order valence-electron chi connectivity index (χ4n) is 3.19. The average molecular weight is 364 g/mol. The zero-order chi connectivity index (χ0) is 19.0. The molecular weight excluding hydrogens is 344 g/mol. The van der Waals surface area contributed by atoms with Crippen LogP contribution in [0, 0.1) is 6.92 Å². The van der Waals surface area contributed by atoms with E-state index in [9.17, 15) is 9.90 Å². The molecule has 3 aromatic rings. The van der Waals surface area contributed by atoms with Crippen molar-refractivity contribution in [1.29, 1.82) is 0 Å². The van der Waals surface area contributed by atoms with Crippen molar-refractivity contribution in [2.24, 2.45) is 0 Å². The molecule has 0 atom stereocenters. The molecule has 0 unspecified atom stereocenters. The summed E-state index contributed by atoms with van der Waals surface area (Å²) in [4.78, 5) is 16.6. The zero-order valence-corrected chi connectivity index (χ0v) is 15.2. The van der Waals surface area contributed by atoms with Crippen LogP contribution in [0.4, 0.5) is 5.69 Å². The minimum Gasteiger partial charge on any atom is -0.507 e. The Labute approximate surface area is 156 Å². The number of rotatable bonds is 4. The molecule has 2 N–H and O–H groups in total. The zero-order valence-electron chi connectivity index (χ0n) is 15.2. The number of hydrogen-bond acceptors (Lipinski definition) is 5. The highest BCUT2D eigenvalue weighted by Gasteiger charge is 2.17. The summed E-state index contributed by atoms with van der Waals surface area (Å²) in [5, 5.41) is 14.2. The van der Waals surface area contributed by atoms with E-state index in [-0.39, 0.29) is 18.4 Å². The van der Waals surface area contributed by atoms with E-state index in [1.807, 2.05) is 32.0 Å². The molecule has 0 spiro atoms. The van der Waals surface area contributed by atoms with E-state index >= 15 is 0 Å². The van der Waals surface area contributed by atoms with Gasteiger partial charge >= 0.3 is 0 Å². The number of amides is 1. The number of aromatic nitrogens is 1. The summed E-state index contributed by atoms with van der Waals surface area (Å²) in [6.45, 7) is 4.15. The van der Waals surface area contributed by atoms with Gasteiger partial charge in [0.05, 0.1) is 11.2 Å². The van der Waals surface area contributed by atoms with Crippen LogP contribution in [-0.4, -0.2) is 22.8 Å². The number of hydrogen-bond donors (Lipinski definition) is 2. The molecule has 27 heavy (non-hydrogen) atoms. The molecule has 0 bridgehead atoms. The number of anilines is 1. The molecule has 138 valence electrons. The standard InChI is InChI=1S/C21H20N2O4/c1-3-4-21(25)22-13-5-6-18(24)15(8-13)16-7-12(2)14-9-19-20(27-11-26-19)10-17(14)23-16/h5-10,24H,3-4,11H2,1-2H3,(H,22,25). The molecule has 1 aromatic heterocycles. The number of ether oxygens (including phenoxy) is 2. The Kier molecular flexibility index (Phi) is 4.32. The third-order valence-electron chi connectivity index (χ3n) is 4.54. The van der Waals surface area contributed by atoms with Gasteiger partial charge in [0.25, 0.3) is 0 Å². The molecule has 1 aliphatic rings. The van der Waals surface area contributed by atoms with E-state index in [2.05, 4.69) is 5.32 Å². The second-order valence-electron chi connectivity index (χ2n) is 6.58. The lowest BCUT2D eigenvalue weighted by Gasteiger charge is -2.11. The van der Waals surface area contributed by atoms with Crippen molar-refractivity contribution in [2.75, 3.05) is 12.1 Å². The average Bonchev–Trinajstić information content (AvgIpc) is 3.09. The quantitative estimate of drug-likeness (QED) is 0.672. The number of aromatic hydroxyl groups is 1. The molecule has 2 heterocycles. The van der Waals surface area contributed by atoms with Gasteiger partial charge in [-0.25, -0.2) is 4.98 Å². The van der Waals surface area contributed by atoms with Crippen LogP contribution in [0.3, 0.4) is 0 Å². The number of nitrogens with one attached hydrogen (secondary N) is 1. The Morgan fingerprint density at radius 2 is 1.96 bits per heavy atom. The molecule has 4 rings (SSSR count). The highest BCUT2D eigenvalue weighted by Crippen LogP contribution is 2.38. The number of carbonyl (C=O) groups excluding carboxylic acids is 1. The van der Waals surface area contributed by atoms with Crippen molar-refractivity contribution in [2.45, 2.75) is 26.7 Å². The van der Waals surface area contributed by atoms with E-state index in [4.69, 9.17) is 14.5 Å². The highest BCUT2D eigenvalue weighted by molar-refractivity contribution is 5.93. The van der Waals surface area contributed by atoms with Gasteiger partial charge in [-0.1, -0.05) is 6.92 Å². The predicted molar refractivity (Wildman–Crippen MR) is 103 cm³/mol. The molecule has 6 nitrogen and oxygen atoms in total. The van der Waals surface area contributed by atoms with Crippen LogP contribution in [-0.2, 0) is 4.79 Å². The summed E-state index contributed by atoms with van der Waals surface area (Å²) in [6, 6.07) is 10.7. The van der Waals surface area contributed by atoms with Crippen LogP contribution in [0.25, 0.3) is 22.2 Å². The van der Waals surface area contributed by atoms with Crippen molar-refractivity contribution < 1.29 is 19.4 Å². The Morgan fingerprint density at radius 3 is 2.74 bits per heavy atom. The summed E-state index contributed by atoms with van der Waals surface area (Å²) < 4.78 is 10.9. The molecule has 0 saturated heterocycles. The Bertz CT molecular complexity index is 1050. The van der Waals surface area contributed by atoms with Gasteiger partial charge in [0, 0.05) is 29.1 Å². The molecule has 0 aliphatic carbocycles. The smallest absolute Gasteiger partial charge is 0.231 e. The topological polar surface area (TPSA) is 80.7 Å². The van der Waals surface area contributed by atoms with Gasteiger partial charge in [-0.3, -0.25) is 4.79 Å². The van der Waals surface area contributed by atoms with Crippen LogP contribution in [0.15, 0.2) is 36.4 Å². The highest BCUT2D eigenvalue weighted by atomic mass is 16.7. The molecule has 6 heteroatoms. The summed E-state index contributed by atoms with van der Waals surface area (Å²) in [7, 11) is 0. The lowest BCUT2D eigenvalue weighted by Crippen LogP contribution is -2.10. The van der Waals surface area contributed by atoms with Crippen molar-refractivity contribution in [3.63, 3.8) is 0 Å². The molecule has 1 amide bonds. The molecule has 0 radical (unpaired) electrons. The van der Waals surface area contributed by atoms with Gasteiger partial charge in [0.1, 0.15) is 5.75 Å². The van der Waals surface area contributed by atoms with Crippen molar-refractivity contribution >= 4 is 22.5 Å². The predicted octanol–water partition coefficient (Wildman–Crippen LogP) is 4.38. The second kappa shape index (κ2) is 6.79. The van der Waals surface area contributed by atoms with Crippen molar-refractivity contribution in [3.8, 4) is 28.5 Å². The Morgan fingerprint density at radius 1 is 1.19 bits per heavy atom. The molecule has 0 saturated carbocycles. The van der Waals surface area contributed by atoms with Crippen molar-refractivity contribution in [3.05, 3.63) is 42.0 Å². The number of phenolic OH excluding ortho intramolecular Hbond substituents is 1. The maximum absolute atomic E-state index is 11.9. The van der Waals surface area contributed by atoms with Crippen LogP contribution >= 0.6 is 0 Å². The van der Waals surface area contributed by atoms with Gasteiger partial charge in [0.15, 0.2) is 11.5 Å². The van der Waals surface area contributed by atoms with Crippen LogP contribution in [0.5, 0.6) is 17.2 Å². The minimum absolute atomic E-state index is 0.0514. The van der Waals surface area contributed by atoms with Crippen LogP contribution in [0.1, 0.15) is 25.3 Å². The number of carbonyl (C=O) groups is 1. The van der Waals surface area contributed by atoms with E-state index < -0.39 is 0 Å². The molecule has 2 aromatic carbocycles. The van der Waals surface area contributed by atoms with Gasteiger partial charge in [0.2, 0.25) is 12.7 Å². The molecule has 1 aliphatic heterocycles. The SMILES string of the molecule is CCCC(=O)Nc1ccc(O)c(-c2cc(C)c3cc4c(cc3n2)OCO4)c1. The van der Waals surface area contributed by atoms with Crippen LogP contribution < -0.4 is 14.8 Å². The molecule has 0 fully saturated rings. The van der Waals surface area contributed by atoms with Crippen molar-refractivity contribution in [1.82, 2.24) is 4.98 Å². The third-order valence-corrected chi connectivity index (χ3v) is 4.54. The first-order valence-electron chi connectivity index (χ1n) is 8.89. The number of phenols is 1. The molecular formula is C21H20N2O4. The number of fused-ring (bicyclic) bond motifs is 2. The maximum Gasteiger partial charge on any atom is 0.231 e.